The second kappa shape index (κ2) is 11.4. The average Bonchev–Trinajstić information content (AvgIpc) is 3.61. The van der Waals surface area contributed by atoms with Gasteiger partial charge in [-0.3, -0.25) is 4.79 Å². The lowest BCUT2D eigenvalue weighted by Gasteiger charge is -2.23. The molecule has 3 aromatic carbocycles. The molecule has 0 aliphatic heterocycles. The van der Waals surface area contributed by atoms with Gasteiger partial charge < -0.3 is 14.2 Å². The first kappa shape index (κ1) is 30.1. The van der Waals surface area contributed by atoms with Crippen molar-refractivity contribution in [3.8, 4) is 22.6 Å². The molecule has 3 aromatic rings. The van der Waals surface area contributed by atoms with Crippen LogP contribution in [0.2, 0.25) is 0 Å². The fourth-order valence-electron chi connectivity index (χ4n) is 5.85. The van der Waals surface area contributed by atoms with Crippen LogP contribution in [-0.2, 0) is 25.8 Å². The fraction of sp³-hybridized carbons (Fsp3) is 0.441. The zero-order chi connectivity index (χ0) is 30.4. The molecule has 0 aromatic heterocycles. The highest BCUT2D eigenvalue weighted by atomic mass is 32.2. The number of ether oxygens (including phenoxy) is 3. The molecule has 0 heterocycles. The Hall–Kier alpha value is -3.39. The number of rotatable bonds is 10. The third kappa shape index (κ3) is 5.91. The lowest BCUT2D eigenvalue weighted by molar-refractivity contribution is -0.144. The minimum atomic E-state index is -3.28. The number of esters is 1. The van der Waals surface area contributed by atoms with E-state index in [1.807, 2.05) is 63.2 Å². The summed E-state index contributed by atoms with van der Waals surface area (Å²) in [6.07, 6.45) is 2.97. The molecule has 5 rings (SSSR count). The number of aryl methyl sites for hydroxylation is 2. The Morgan fingerprint density at radius 2 is 1.69 bits per heavy atom. The Labute approximate surface area is 248 Å². The third-order valence-corrected chi connectivity index (χ3v) is 10.7. The lowest BCUT2D eigenvalue weighted by Crippen LogP contribution is -2.37. The van der Waals surface area contributed by atoms with Crippen molar-refractivity contribution in [3.05, 3.63) is 82.2 Å². The van der Waals surface area contributed by atoms with Gasteiger partial charge in [0.2, 0.25) is 0 Å². The SMILES string of the molecule is CCOC(=O)[C@H]1C[C@@H]1c1ccc(O[C@@H]2CCc3c(-c4c(C)cc(OCC(C)(C)S(C)(=O)=O)cc4C)ccc(F)c32)cc1. The fourth-order valence-corrected chi connectivity index (χ4v) is 6.13. The molecule has 6 nitrogen and oxygen atoms in total. The highest BCUT2D eigenvalue weighted by Crippen LogP contribution is 2.49. The number of carbonyl (C=O) groups excluding carboxylic acids is 1. The van der Waals surface area contributed by atoms with Gasteiger partial charge in [-0.15, -0.1) is 0 Å². The number of carbonyl (C=O) groups is 1. The molecule has 1 saturated carbocycles. The molecule has 2 aliphatic rings. The van der Waals surface area contributed by atoms with E-state index in [-0.39, 0.29) is 30.2 Å². The van der Waals surface area contributed by atoms with Gasteiger partial charge >= 0.3 is 5.97 Å². The summed E-state index contributed by atoms with van der Waals surface area (Å²) in [5.74, 6) is 0.966. The molecule has 0 amide bonds. The van der Waals surface area contributed by atoms with Gasteiger partial charge in [-0.05, 0) is 124 Å². The van der Waals surface area contributed by atoms with Crippen molar-refractivity contribution in [1.29, 1.82) is 0 Å². The Balaban J connectivity index is 1.34. The number of benzene rings is 3. The maximum Gasteiger partial charge on any atom is 0.309 e. The predicted molar refractivity (Wildman–Crippen MR) is 161 cm³/mol. The highest BCUT2D eigenvalue weighted by Gasteiger charge is 2.45. The number of sulfone groups is 1. The van der Waals surface area contributed by atoms with Crippen LogP contribution in [0.1, 0.15) is 73.5 Å². The van der Waals surface area contributed by atoms with Gasteiger partial charge in [-0.2, -0.15) is 0 Å². The van der Waals surface area contributed by atoms with Crippen molar-refractivity contribution in [2.45, 2.75) is 70.7 Å². The van der Waals surface area contributed by atoms with Crippen LogP contribution in [0.25, 0.3) is 11.1 Å². The minimum absolute atomic E-state index is 0.0443. The molecular weight excluding hydrogens is 555 g/mol. The van der Waals surface area contributed by atoms with Gasteiger partial charge in [0, 0.05) is 11.8 Å². The molecule has 0 bridgehead atoms. The molecule has 0 unspecified atom stereocenters. The molecule has 0 spiro atoms. The largest absolute Gasteiger partial charge is 0.492 e. The van der Waals surface area contributed by atoms with E-state index in [0.29, 0.717) is 36.5 Å². The first-order valence-electron chi connectivity index (χ1n) is 14.5. The Morgan fingerprint density at radius 1 is 1.02 bits per heavy atom. The maximum absolute atomic E-state index is 15.3. The van der Waals surface area contributed by atoms with Crippen molar-refractivity contribution < 1.29 is 31.8 Å². The minimum Gasteiger partial charge on any atom is -0.492 e. The molecule has 42 heavy (non-hydrogen) atoms. The van der Waals surface area contributed by atoms with Gasteiger partial charge in [0.15, 0.2) is 9.84 Å². The second-order valence-electron chi connectivity index (χ2n) is 12.2. The van der Waals surface area contributed by atoms with Crippen LogP contribution in [-0.4, -0.2) is 38.6 Å². The van der Waals surface area contributed by atoms with Gasteiger partial charge in [0.05, 0.1) is 12.5 Å². The quantitative estimate of drug-likeness (QED) is 0.234. The molecule has 224 valence electrons. The maximum atomic E-state index is 15.3. The molecule has 0 N–H and O–H groups in total. The Kier molecular flexibility index (Phi) is 8.14. The van der Waals surface area contributed by atoms with E-state index in [9.17, 15) is 13.2 Å². The topological polar surface area (TPSA) is 78.9 Å². The van der Waals surface area contributed by atoms with Crippen molar-refractivity contribution in [2.24, 2.45) is 5.92 Å². The summed E-state index contributed by atoms with van der Waals surface area (Å²) in [4.78, 5) is 12.0. The van der Waals surface area contributed by atoms with Crippen molar-refractivity contribution >= 4 is 15.8 Å². The van der Waals surface area contributed by atoms with Gasteiger partial charge in [-0.1, -0.05) is 18.2 Å². The Bertz CT molecular complexity index is 1590. The van der Waals surface area contributed by atoms with E-state index in [0.717, 1.165) is 39.8 Å². The van der Waals surface area contributed by atoms with Crippen LogP contribution >= 0.6 is 0 Å². The summed E-state index contributed by atoms with van der Waals surface area (Å²) in [5, 5.41) is 0. The van der Waals surface area contributed by atoms with E-state index >= 15 is 4.39 Å². The van der Waals surface area contributed by atoms with Crippen LogP contribution < -0.4 is 9.47 Å². The van der Waals surface area contributed by atoms with Crippen molar-refractivity contribution in [1.82, 2.24) is 0 Å². The predicted octanol–water partition coefficient (Wildman–Crippen LogP) is 7.04. The molecule has 2 aliphatic carbocycles. The highest BCUT2D eigenvalue weighted by molar-refractivity contribution is 7.92. The third-order valence-electron chi connectivity index (χ3n) is 8.61. The van der Waals surface area contributed by atoms with Crippen molar-refractivity contribution in [2.75, 3.05) is 19.5 Å². The van der Waals surface area contributed by atoms with E-state index in [1.165, 1.54) is 12.3 Å². The first-order valence-corrected chi connectivity index (χ1v) is 16.4. The molecule has 3 atom stereocenters. The van der Waals surface area contributed by atoms with Crippen molar-refractivity contribution in [3.63, 3.8) is 0 Å². The van der Waals surface area contributed by atoms with Crippen LogP contribution in [0.3, 0.4) is 0 Å². The van der Waals surface area contributed by atoms with Crippen LogP contribution in [0.4, 0.5) is 4.39 Å². The average molecular weight is 595 g/mol. The van der Waals surface area contributed by atoms with Crippen LogP contribution in [0.15, 0.2) is 48.5 Å². The smallest absolute Gasteiger partial charge is 0.309 e. The van der Waals surface area contributed by atoms with Gasteiger partial charge in [-0.25, -0.2) is 12.8 Å². The molecule has 0 radical (unpaired) electrons. The number of hydrogen-bond donors (Lipinski definition) is 0. The monoisotopic (exact) mass is 594 g/mol. The standard InChI is InChI=1S/C34H39FO6S/c1-7-39-33(36)28-18-27(28)22-8-10-23(11-9-22)41-30-15-13-26-25(12-14-29(35)32(26)30)31-20(2)16-24(17-21(31)3)40-19-34(4,5)42(6,37)38/h8-12,14,16-17,27-28,30H,7,13,15,18-19H2,1-6H3/t27-,28+,30-/m1/s1. The molecule has 1 fully saturated rings. The van der Waals surface area contributed by atoms with Gasteiger partial charge in [0.25, 0.3) is 0 Å². The summed E-state index contributed by atoms with van der Waals surface area (Å²) < 4.78 is 55.8. The van der Waals surface area contributed by atoms with Crippen LogP contribution in [0, 0.1) is 25.6 Å². The number of fused-ring (bicyclic) bond motifs is 1. The van der Waals surface area contributed by atoms with E-state index in [4.69, 9.17) is 14.2 Å². The van der Waals surface area contributed by atoms with E-state index in [2.05, 4.69) is 0 Å². The summed E-state index contributed by atoms with van der Waals surface area (Å²) in [5.41, 5.74) is 6.56. The zero-order valence-corrected chi connectivity index (χ0v) is 25.9. The molecule has 8 heteroatoms. The van der Waals surface area contributed by atoms with Gasteiger partial charge in [0.1, 0.15) is 34.8 Å². The second-order valence-corrected chi connectivity index (χ2v) is 14.8. The Morgan fingerprint density at radius 3 is 2.31 bits per heavy atom. The number of hydrogen-bond acceptors (Lipinski definition) is 6. The lowest BCUT2D eigenvalue weighted by atomic mass is 9.90. The summed E-state index contributed by atoms with van der Waals surface area (Å²) in [6, 6.07) is 14.9. The van der Waals surface area contributed by atoms with E-state index in [1.54, 1.807) is 13.8 Å². The van der Waals surface area contributed by atoms with Crippen LogP contribution in [0.5, 0.6) is 11.5 Å². The molecule has 0 saturated heterocycles. The summed E-state index contributed by atoms with van der Waals surface area (Å²) in [7, 11) is -3.28. The zero-order valence-electron chi connectivity index (χ0n) is 25.1. The van der Waals surface area contributed by atoms with E-state index < -0.39 is 20.7 Å². The normalized spacial score (nSPS) is 19.7. The number of halogens is 1. The summed E-state index contributed by atoms with van der Waals surface area (Å²) in [6.45, 7) is 9.53. The first-order chi connectivity index (χ1) is 19.8. The molecular formula is C34H39FO6S. The summed E-state index contributed by atoms with van der Waals surface area (Å²) >= 11 is 0.